The lowest BCUT2D eigenvalue weighted by atomic mass is 10.1. The molecule has 1 unspecified atom stereocenters. The molecule has 0 heterocycles. The zero-order chi connectivity index (χ0) is 18.9. The second-order valence-corrected chi connectivity index (χ2v) is 6.53. The first-order chi connectivity index (χ1) is 12.4. The minimum absolute atomic E-state index is 0.118. The smallest absolute Gasteiger partial charge is 0.260 e. The molecule has 0 radical (unpaired) electrons. The predicted octanol–water partition coefficient (Wildman–Crippen LogP) is 3.24. The molecule has 1 atom stereocenters. The molecule has 138 valence electrons. The average Bonchev–Trinajstić information content (AvgIpc) is 2.62. The summed E-state index contributed by atoms with van der Waals surface area (Å²) in [7, 11) is 0. The molecule has 2 rings (SSSR count). The molecule has 0 aliphatic rings. The fraction of sp³-hybridized carbons (Fsp3) is 0.263. The van der Waals surface area contributed by atoms with Crippen molar-refractivity contribution in [3.05, 3.63) is 64.1 Å². The van der Waals surface area contributed by atoms with Crippen molar-refractivity contribution < 1.29 is 14.3 Å². The number of amides is 2. The first kappa shape index (κ1) is 20.1. The van der Waals surface area contributed by atoms with E-state index in [9.17, 15) is 9.59 Å². The minimum Gasteiger partial charge on any atom is -0.481 e. The molecule has 0 saturated carbocycles. The molecular weight excluding hydrogens is 375 g/mol. The summed E-state index contributed by atoms with van der Waals surface area (Å²) in [5.41, 5.74) is 0.876. The van der Waals surface area contributed by atoms with Crippen LogP contribution < -0.4 is 15.4 Å². The van der Waals surface area contributed by atoms with Crippen LogP contribution in [0, 0.1) is 0 Å². The number of nitrogens with one attached hydrogen (secondary N) is 2. The van der Waals surface area contributed by atoms with Gasteiger partial charge in [0.1, 0.15) is 5.75 Å². The molecule has 26 heavy (non-hydrogen) atoms. The fourth-order valence-electron chi connectivity index (χ4n) is 2.15. The van der Waals surface area contributed by atoms with Crippen molar-refractivity contribution in [1.82, 2.24) is 10.6 Å². The number of benzene rings is 2. The largest absolute Gasteiger partial charge is 0.481 e. The molecule has 2 N–H and O–H groups in total. The van der Waals surface area contributed by atoms with Gasteiger partial charge in [0.25, 0.3) is 5.91 Å². The van der Waals surface area contributed by atoms with Crippen molar-refractivity contribution in [3.8, 4) is 5.75 Å². The number of carbonyl (C=O) groups is 2. The van der Waals surface area contributed by atoms with Crippen molar-refractivity contribution in [1.29, 1.82) is 0 Å². The maximum atomic E-state index is 12.0. The second kappa shape index (κ2) is 10.0. The Labute approximate surface area is 162 Å². The van der Waals surface area contributed by atoms with E-state index in [0.717, 1.165) is 5.56 Å². The monoisotopic (exact) mass is 394 g/mol. The molecule has 2 aromatic rings. The van der Waals surface area contributed by atoms with Gasteiger partial charge in [-0.15, -0.1) is 0 Å². The van der Waals surface area contributed by atoms with Crippen LogP contribution in [0.25, 0.3) is 0 Å². The van der Waals surface area contributed by atoms with Crippen LogP contribution in [0.1, 0.15) is 12.5 Å². The Morgan fingerprint density at radius 2 is 1.46 bits per heavy atom. The van der Waals surface area contributed by atoms with Gasteiger partial charge in [0, 0.05) is 23.1 Å². The topological polar surface area (TPSA) is 67.4 Å². The highest BCUT2D eigenvalue weighted by atomic mass is 35.5. The lowest BCUT2D eigenvalue weighted by Gasteiger charge is -2.15. The Hall–Kier alpha value is -2.24. The van der Waals surface area contributed by atoms with Crippen molar-refractivity contribution in [2.45, 2.75) is 19.4 Å². The van der Waals surface area contributed by atoms with Gasteiger partial charge in [0.2, 0.25) is 5.91 Å². The summed E-state index contributed by atoms with van der Waals surface area (Å²) in [6, 6.07) is 13.9. The van der Waals surface area contributed by atoms with Crippen LogP contribution in [-0.2, 0) is 16.0 Å². The Bertz CT molecular complexity index is 733. The molecule has 0 aromatic heterocycles. The third-order valence-corrected chi connectivity index (χ3v) is 4.02. The highest BCUT2D eigenvalue weighted by molar-refractivity contribution is 6.30. The highest BCUT2D eigenvalue weighted by Gasteiger charge is 2.14. The zero-order valence-corrected chi connectivity index (χ0v) is 15.8. The summed E-state index contributed by atoms with van der Waals surface area (Å²) in [5, 5.41) is 6.70. The Balaban J connectivity index is 1.65. The molecule has 2 aromatic carbocycles. The lowest BCUT2D eigenvalue weighted by molar-refractivity contribution is -0.127. The number of hydrogen-bond acceptors (Lipinski definition) is 3. The molecular formula is C19H20Cl2N2O3. The minimum atomic E-state index is -0.652. The molecule has 0 fully saturated rings. The molecule has 0 aliphatic carbocycles. The van der Waals surface area contributed by atoms with E-state index in [1.54, 1.807) is 55.5 Å². The van der Waals surface area contributed by atoms with Crippen molar-refractivity contribution in [2.75, 3.05) is 13.1 Å². The molecule has 7 heteroatoms. The lowest BCUT2D eigenvalue weighted by Crippen LogP contribution is -2.41. The number of ether oxygens (including phenoxy) is 1. The van der Waals surface area contributed by atoms with E-state index in [0.29, 0.717) is 28.9 Å². The molecule has 0 aliphatic heterocycles. The number of carbonyl (C=O) groups excluding carboxylic acids is 2. The maximum absolute atomic E-state index is 12.0. The van der Waals surface area contributed by atoms with Gasteiger partial charge in [-0.1, -0.05) is 35.3 Å². The molecule has 0 spiro atoms. The van der Waals surface area contributed by atoms with E-state index in [1.807, 2.05) is 0 Å². The zero-order valence-electron chi connectivity index (χ0n) is 14.3. The van der Waals surface area contributed by atoms with Gasteiger partial charge in [-0.2, -0.15) is 0 Å². The van der Waals surface area contributed by atoms with E-state index in [2.05, 4.69) is 10.6 Å². The fourth-order valence-corrected chi connectivity index (χ4v) is 2.40. The molecule has 5 nitrogen and oxygen atoms in total. The predicted molar refractivity (Wildman–Crippen MR) is 103 cm³/mol. The van der Waals surface area contributed by atoms with Gasteiger partial charge in [0.05, 0.1) is 6.42 Å². The van der Waals surface area contributed by atoms with Crippen LogP contribution in [0.2, 0.25) is 10.0 Å². The van der Waals surface area contributed by atoms with Crippen LogP contribution in [0.3, 0.4) is 0 Å². The Kier molecular flexibility index (Phi) is 7.75. The first-order valence-electron chi connectivity index (χ1n) is 8.15. The van der Waals surface area contributed by atoms with E-state index in [1.165, 1.54) is 0 Å². The molecule has 2 amide bonds. The van der Waals surface area contributed by atoms with Crippen LogP contribution in [0.15, 0.2) is 48.5 Å². The summed E-state index contributed by atoms with van der Waals surface area (Å²) in [6.45, 7) is 2.31. The van der Waals surface area contributed by atoms with Crippen LogP contribution >= 0.6 is 23.2 Å². The molecule has 0 saturated heterocycles. The van der Waals surface area contributed by atoms with Gasteiger partial charge in [0.15, 0.2) is 6.10 Å². The van der Waals surface area contributed by atoms with E-state index < -0.39 is 6.10 Å². The van der Waals surface area contributed by atoms with Crippen LogP contribution in [0.4, 0.5) is 0 Å². The number of rotatable bonds is 8. The average molecular weight is 395 g/mol. The van der Waals surface area contributed by atoms with Crippen molar-refractivity contribution >= 4 is 35.0 Å². The van der Waals surface area contributed by atoms with E-state index in [-0.39, 0.29) is 18.2 Å². The van der Waals surface area contributed by atoms with Gasteiger partial charge in [-0.25, -0.2) is 0 Å². The highest BCUT2D eigenvalue weighted by Crippen LogP contribution is 2.16. The third-order valence-electron chi connectivity index (χ3n) is 3.52. The van der Waals surface area contributed by atoms with Gasteiger partial charge in [-0.05, 0) is 48.9 Å². The quantitative estimate of drug-likeness (QED) is 0.675. The number of hydrogen-bond donors (Lipinski definition) is 2. The second-order valence-electron chi connectivity index (χ2n) is 5.66. The Morgan fingerprint density at radius 3 is 2.08 bits per heavy atom. The summed E-state index contributed by atoms with van der Waals surface area (Å²) < 4.78 is 5.53. The van der Waals surface area contributed by atoms with Crippen molar-refractivity contribution in [2.24, 2.45) is 0 Å². The first-order valence-corrected chi connectivity index (χ1v) is 8.90. The maximum Gasteiger partial charge on any atom is 0.260 e. The standard InChI is InChI=1S/C19H20Cl2N2O3/c1-13(26-17-8-6-16(21)7-9-17)19(25)23-11-10-22-18(24)12-14-2-4-15(20)5-3-14/h2-9,13H,10-12H2,1H3,(H,22,24)(H,23,25). The van der Waals surface area contributed by atoms with Gasteiger partial charge >= 0.3 is 0 Å². The van der Waals surface area contributed by atoms with E-state index >= 15 is 0 Å². The summed E-state index contributed by atoms with van der Waals surface area (Å²) in [4.78, 5) is 23.8. The van der Waals surface area contributed by atoms with Crippen molar-refractivity contribution in [3.63, 3.8) is 0 Å². The Morgan fingerprint density at radius 1 is 0.923 bits per heavy atom. The van der Waals surface area contributed by atoms with Gasteiger partial charge in [-0.3, -0.25) is 9.59 Å². The summed E-state index contributed by atoms with van der Waals surface area (Å²) in [5.74, 6) is 0.187. The van der Waals surface area contributed by atoms with Crippen LogP contribution in [-0.4, -0.2) is 31.0 Å². The normalized spacial score (nSPS) is 11.5. The summed E-state index contributed by atoms with van der Waals surface area (Å²) in [6.07, 6.45) is -0.387. The van der Waals surface area contributed by atoms with Gasteiger partial charge < -0.3 is 15.4 Å². The third kappa shape index (κ3) is 6.94. The molecule has 0 bridgehead atoms. The number of halogens is 2. The van der Waals surface area contributed by atoms with E-state index in [4.69, 9.17) is 27.9 Å². The summed E-state index contributed by atoms with van der Waals surface area (Å²) >= 11 is 11.6. The SMILES string of the molecule is CC(Oc1ccc(Cl)cc1)C(=O)NCCNC(=O)Cc1ccc(Cl)cc1. The van der Waals surface area contributed by atoms with Crippen LogP contribution in [0.5, 0.6) is 5.75 Å².